The van der Waals surface area contributed by atoms with Crippen LogP contribution in [0.2, 0.25) is 0 Å². The summed E-state index contributed by atoms with van der Waals surface area (Å²) in [7, 11) is 0. The fourth-order valence-corrected chi connectivity index (χ4v) is 2.30. The molecule has 0 bridgehead atoms. The van der Waals surface area contributed by atoms with Gasteiger partial charge < -0.3 is 10.2 Å². The average molecular weight is 281 g/mol. The number of benzene rings is 1. The van der Waals surface area contributed by atoms with Crippen LogP contribution in [0.4, 0.5) is 10.1 Å². The minimum atomic E-state index is -0.741. The second-order valence-corrected chi connectivity index (χ2v) is 5.37. The molecule has 1 heterocycles. The fourth-order valence-electron chi connectivity index (χ4n) is 2.30. The Morgan fingerprint density at radius 1 is 1.50 bits per heavy atom. The van der Waals surface area contributed by atoms with Crippen molar-refractivity contribution in [1.82, 2.24) is 10.2 Å². The molecule has 2 rings (SSSR count). The topological polar surface area (TPSA) is 75.5 Å². The molecule has 1 amide bonds. The lowest BCUT2D eigenvalue weighted by molar-refractivity contribution is -0.384. The van der Waals surface area contributed by atoms with E-state index in [2.05, 4.69) is 5.32 Å². The van der Waals surface area contributed by atoms with E-state index in [9.17, 15) is 19.3 Å². The van der Waals surface area contributed by atoms with Crippen LogP contribution in [0.25, 0.3) is 0 Å². The average Bonchev–Trinajstić information content (AvgIpc) is 2.37. The van der Waals surface area contributed by atoms with Crippen LogP contribution in [0.3, 0.4) is 0 Å². The first kappa shape index (κ1) is 14.4. The quantitative estimate of drug-likeness (QED) is 0.659. The molecule has 1 fully saturated rings. The van der Waals surface area contributed by atoms with Gasteiger partial charge in [0.05, 0.1) is 16.0 Å². The lowest BCUT2D eigenvalue weighted by Crippen LogP contribution is -2.59. The number of hydrogen-bond acceptors (Lipinski definition) is 4. The summed E-state index contributed by atoms with van der Waals surface area (Å²) in [4.78, 5) is 24.1. The van der Waals surface area contributed by atoms with Crippen LogP contribution in [0.15, 0.2) is 18.2 Å². The third kappa shape index (κ3) is 2.62. The Morgan fingerprint density at radius 2 is 2.20 bits per heavy atom. The molecule has 1 aliphatic heterocycles. The van der Waals surface area contributed by atoms with Crippen molar-refractivity contribution in [2.45, 2.75) is 19.4 Å². The van der Waals surface area contributed by atoms with Gasteiger partial charge in [0.25, 0.3) is 11.6 Å². The van der Waals surface area contributed by atoms with Gasteiger partial charge in [-0.15, -0.1) is 0 Å². The Labute approximate surface area is 115 Å². The molecule has 1 saturated heterocycles. The predicted octanol–water partition coefficient (Wildman–Crippen LogP) is 1.56. The number of nitro groups is 1. The third-order valence-corrected chi connectivity index (χ3v) is 3.44. The summed E-state index contributed by atoms with van der Waals surface area (Å²) in [6, 6.07) is 3.01. The SMILES string of the molecule is CC1(C)CNCCN1C(=O)c1cc([N+](=O)[O-])ccc1F. The van der Waals surface area contributed by atoms with E-state index in [0.717, 1.165) is 18.2 Å². The number of nitrogens with one attached hydrogen (secondary N) is 1. The lowest BCUT2D eigenvalue weighted by Gasteiger charge is -2.42. The number of piperazine rings is 1. The highest BCUT2D eigenvalue weighted by Gasteiger charge is 2.35. The lowest BCUT2D eigenvalue weighted by atomic mass is 9.98. The molecule has 1 aromatic carbocycles. The summed E-state index contributed by atoms with van der Waals surface area (Å²) in [6.45, 7) is 5.38. The standard InChI is InChI=1S/C13H16FN3O3/c1-13(2)8-15-5-6-16(13)12(18)10-7-9(17(19)20)3-4-11(10)14/h3-4,7,15H,5-6,8H2,1-2H3. The summed E-state index contributed by atoms with van der Waals surface area (Å²) in [6.07, 6.45) is 0. The number of amides is 1. The molecule has 0 aromatic heterocycles. The first-order valence-corrected chi connectivity index (χ1v) is 6.29. The van der Waals surface area contributed by atoms with E-state index in [1.807, 2.05) is 13.8 Å². The fraction of sp³-hybridized carbons (Fsp3) is 0.462. The van der Waals surface area contributed by atoms with Crippen LogP contribution in [0, 0.1) is 15.9 Å². The summed E-state index contributed by atoms with van der Waals surface area (Å²) < 4.78 is 13.8. The Hall–Kier alpha value is -2.02. The van der Waals surface area contributed by atoms with Crippen LogP contribution >= 0.6 is 0 Å². The molecule has 1 N–H and O–H groups in total. The smallest absolute Gasteiger partial charge is 0.270 e. The zero-order valence-electron chi connectivity index (χ0n) is 11.4. The van der Waals surface area contributed by atoms with Gasteiger partial charge in [-0.25, -0.2) is 4.39 Å². The predicted molar refractivity (Wildman–Crippen MR) is 71.0 cm³/mol. The minimum absolute atomic E-state index is 0.255. The molecule has 0 aliphatic carbocycles. The number of carbonyl (C=O) groups excluding carboxylic acids is 1. The first-order chi connectivity index (χ1) is 9.33. The van der Waals surface area contributed by atoms with Crippen LogP contribution < -0.4 is 5.32 Å². The summed E-state index contributed by atoms with van der Waals surface area (Å²) >= 11 is 0. The number of nitro benzene ring substituents is 1. The molecule has 0 atom stereocenters. The number of hydrogen-bond donors (Lipinski definition) is 1. The molecule has 0 saturated carbocycles. The van der Waals surface area contributed by atoms with E-state index >= 15 is 0 Å². The van der Waals surface area contributed by atoms with E-state index in [-0.39, 0.29) is 11.3 Å². The maximum Gasteiger partial charge on any atom is 0.270 e. The van der Waals surface area contributed by atoms with Gasteiger partial charge in [0, 0.05) is 31.8 Å². The molecule has 7 heteroatoms. The van der Waals surface area contributed by atoms with Crippen molar-refractivity contribution in [2.24, 2.45) is 0 Å². The van der Waals surface area contributed by atoms with Crippen molar-refractivity contribution >= 4 is 11.6 Å². The molecule has 6 nitrogen and oxygen atoms in total. The molecule has 0 spiro atoms. The van der Waals surface area contributed by atoms with E-state index < -0.39 is 22.2 Å². The van der Waals surface area contributed by atoms with Crippen molar-refractivity contribution in [3.63, 3.8) is 0 Å². The minimum Gasteiger partial charge on any atom is -0.331 e. The van der Waals surface area contributed by atoms with Crippen LogP contribution in [0.1, 0.15) is 24.2 Å². The van der Waals surface area contributed by atoms with Crippen molar-refractivity contribution in [3.8, 4) is 0 Å². The Morgan fingerprint density at radius 3 is 2.80 bits per heavy atom. The highest BCUT2D eigenvalue weighted by Crippen LogP contribution is 2.23. The maximum absolute atomic E-state index is 13.8. The number of nitrogens with zero attached hydrogens (tertiary/aromatic N) is 2. The van der Waals surface area contributed by atoms with Gasteiger partial charge in [-0.2, -0.15) is 0 Å². The van der Waals surface area contributed by atoms with Crippen molar-refractivity contribution in [1.29, 1.82) is 0 Å². The van der Waals surface area contributed by atoms with Gasteiger partial charge in [-0.3, -0.25) is 14.9 Å². The largest absolute Gasteiger partial charge is 0.331 e. The van der Waals surface area contributed by atoms with E-state index in [4.69, 9.17) is 0 Å². The number of non-ortho nitro benzene ring substituents is 1. The molecule has 1 aliphatic rings. The Bertz CT molecular complexity index is 560. The van der Waals surface area contributed by atoms with E-state index in [1.54, 1.807) is 4.90 Å². The monoisotopic (exact) mass is 281 g/mol. The second kappa shape index (κ2) is 5.16. The van der Waals surface area contributed by atoms with Crippen molar-refractivity contribution in [2.75, 3.05) is 19.6 Å². The second-order valence-electron chi connectivity index (χ2n) is 5.37. The summed E-state index contributed by atoms with van der Waals surface area (Å²) in [5.74, 6) is -1.26. The highest BCUT2D eigenvalue weighted by atomic mass is 19.1. The van der Waals surface area contributed by atoms with Gasteiger partial charge in [0.1, 0.15) is 5.82 Å². The molecule has 108 valence electrons. The summed E-state index contributed by atoms with van der Waals surface area (Å²) in [5.41, 5.74) is -1.01. The molecular formula is C13H16FN3O3. The Kier molecular flexibility index (Phi) is 3.71. The van der Waals surface area contributed by atoms with Crippen molar-refractivity contribution < 1.29 is 14.1 Å². The van der Waals surface area contributed by atoms with Gasteiger partial charge in [0.2, 0.25) is 0 Å². The normalized spacial score (nSPS) is 17.9. The zero-order chi connectivity index (χ0) is 14.9. The highest BCUT2D eigenvalue weighted by molar-refractivity contribution is 5.95. The third-order valence-electron chi connectivity index (χ3n) is 3.44. The van der Waals surface area contributed by atoms with Crippen LogP contribution in [-0.4, -0.2) is 40.9 Å². The molecular weight excluding hydrogens is 265 g/mol. The molecule has 1 aromatic rings. The number of halogens is 1. The van der Waals surface area contributed by atoms with Crippen LogP contribution in [0.5, 0.6) is 0 Å². The van der Waals surface area contributed by atoms with E-state index in [1.165, 1.54) is 0 Å². The first-order valence-electron chi connectivity index (χ1n) is 6.29. The van der Waals surface area contributed by atoms with Gasteiger partial charge in [0.15, 0.2) is 0 Å². The van der Waals surface area contributed by atoms with Gasteiger partial charge >= 0.3 is 0 Å². The van der Waals surface area contributed by atoms with Gasteiger partial charge in [-0.05, 0) is 19.9 Å². The van der Waals surface area contributed by atoms with Gasteiger partial charge in [-0.1, -0.05) is 0 Å². The molecule has 0 radical (unpaired) electrons. The molecule has 0 unspecified atom stereocenters. The maximum atomic E-state index is 13.8. The van der Waals surface area contributed by atoms with E-state index in [0.29, 0.717) is 19.6 Å². The molecule has 20 heavy (non-hydrogen) atoms. The number of rotatable bonds is 2. The Balaban J connectivity index is 2.37. The van der Waals surface area contributed by atoms with Crippen LogP contribution in [-0.2, 0) is 0 Å². The number of carbonyl (C=O) groups is 1. The summed E-state index contributed by atoms with van der Waals surface area (Å²) in [5, 5.41) is 13.9. The zero-order valence-corrected chi connectivity index (χ0v) is 11.4. The van der Waals surface area contributed by atoms with Crippen molar-refractivity contribution in [3.05, 3.63) is 39.7 Å².